The normalized spacial score (nSPS) is 9.00. The van der Waals surface area contributed by atoms with Crippen LogP contribution in [0.15, 0.2) is 0 Å². The van der Waals surface area contributed by atoms with E-state index in [1.54, 1.807) is 0 Å². The van der Waals surface area contributed by atoms with Crippen molar-refractivity contribution in [1.29, 1.82) is 0 Å². The monoisotopic (exact) mass is 389 g/mol. The summed E-state index contributed by atoms with van der Waals surface area (Å²) in [6, 6.07) is 0. The van der Waals surface area contributed by atoms with Crippen LogP contribution in [-0.2, 0) is 53.8 Å². The predicted octanol–water partition coefficient (Wildman–Crippen LogP) is -1.00. The second kappa shape index (κ2) is 12.8. The number of rotatable bonds is 0. The summed E-state index contributed by atoms with van der Waals surface area (Å²) in [4.78, 5) is 45.3. The molecule has 0 aliphatic rings. The largest absolute Gasteiger partial charge is 0.325 e. The van der Waals surface area contributed by atoms with Gasteiger partial charge in [-0.15, -0.1) is 0 Å². The van der Waals surface area contributed by atoms with Gasteiger partial charge in [0.2, 0.25) is 0 Å². The van der Waals surface area contributed by atoms with Crippen LogP contribution in [0.25, 0.3) is 0 Å². The van der Waals surface area contributed by atoms with Gasteiger partial charge in [0, 0.05) is 21.1 Å². The molecule has 86 valence electrons. The van der Waals surface area contributed by atoms with Crippen molar-refractivity contribution in [2.75, 3.05) is 0 Å². The van der Waals surface area contributed by atoms with Crippen LogP contribution in [-0.4, -0.2) is 29.4 Å². The minimum Gasteiger partial charge on any atom is -0.325 e. The molecule has 0 heterocycles. The molecule has 14 heavy (non-hydrogen) atoms. The molecule has 0 aromatic heterocycles. The smallest absolute Gasteiger partial charge is 0.319 e. The third-order valence-corrected chi connectivity index (χ3v) is 0. The molecule has 0 unspecified atom stereocenters. The Labute approximate surface area is 105 Å². The number of hydrogen-bond acceptors (Lipinski definition) is 4. The van der Waals surface area contributed by atoms with Gasteiger partial charge in [-0.25, -0.2) is 0 Å². The van der Waals surface area contributed by atoms with Crippen LogP contribution in [0.3, 0.4) is 0 Å². The van der Waals surface area contributed by atoms with Crippen molar-refractivity contribution in [3.8, 4) is 0 Å². The SMILES string of the molecule is O=[P+]=O.OP(O)(O)=S.OP(O)(O)=S.[Mo]. The van der Waals surface area contributed by atoms with Gasteiger partial charge >= 0.3 is 30.9 Å². The molecule has 0 amide bonds. The van der Waals surface area contributed by atoms with Crippen LogP contribution in [0.5, 0.6) is 0 Å². The average molecular weight is 387 g/mol. The van der Waals surface area contributed by atoms with Crippen LogP contribution < -0.4 is 0 Å². The zero-order valence-corrected chi connectivity index (χ0v) is 12.4. The van der Waals surface area contributed by atoms with Crippen molar-refractivity contribution in [2.45, 2.75) is 0 Å². The van der Waals surface area contributed by atoms with Crippen LogP contribution in [0.4, 0.5) is 0 Å². The summed E-state index contributed by atoms with van der Waals surface area (Å²) >= 11 is 7.21. The van der Waals surface area contributed by atoms with E-state index in [0.29, 0.717) is 0 Å². The van der Waals surface area contributed by atoms with Crippen molar-refractivity contribution >= 4 is 45.4 Å². The predicted molar refractivity (Wildman–Crippen MR) is 50.2 cm³/mol. The molecule has 0 aromatic carbocycles. The Balaban J connectivity index is -0.0000000535. The maximum atomic E-state index is 8.35. The fourth-order valence-electron chi connectivity index (χ4n) is 0. The molecule has 0 saturated heterocycles. The number of hydrogen-bond donors (Lipinski definition) is 6. The van der Waals surface area contributed by atoms with E-state index in [1.807, 2.05) is 0 Å². The Morgan fingerprint density at radius 3 is 0.786 bits per heavy atom. The topological polar surface area (TPSA) is 156 Å². The Bertz CT molecular complexity index is 196. The quantitative estimate of drug-likeness (QED) is 0.225. The van der Waals surface area contributed by atoms with E-state index in [4.69, 9.17) is 38.5 Å². The first-order valence-corrected chi connectivity index (χ1v) is 7.98. The third kappa shape index (κ3) is 711. The molecular formula is H6MoO8P3S2+. The molecule has 14 heteroatoms. The van der Waals surface area contributed by atoms with Crippen molar-refractivity contribution in [2.24, 2.45) is 0 Å². The van der Waals surface area contributed by atoms with E-state index in [0.717, 1.165) is 0 Å². The fourth-order valence-corrected chi connectivity index (χ4v) is 0. The zero-order valence-electron chi connectivity index (χ0n) is 6.07. The molecular weight excluding hydrogens is 381 g/mol. The Kier molecular flexibility index (Phi) is 22.8. The molecule has 0 bridgehead atoms. The molecule has 0 fully saturated rings. The first kappa shape index (κ1) is 24.8. The Morgan fingerprint density at radius 1 is 0.786 bits per heavy atom. The molecule has 0 aliphatic heterocycles. The molecule has 0 saturated carbocycles. The Morgan fingerprint density at radius 2 is 0.786 bits per heavy atom. The average Bonchev–Trinajstić information content (AvgIpc) is 1.52. The van der Waals surface area contributed by atoms with E-state index >= 15 is 0 Å². The molecule has 8 nitrogen and oxygen atoms in total. The summed E-state index contributed by atoms with van der Waals surface area (Å²) in [6.45, 7) is -7.61. The van der Waals surface area contributed by atoms with Gasteiger partial charge in [-0.05, 0) is 23.6 Å². The molecule has 0 aromatic rings. The van der Waals surface area contributed by atoms with Crippen molar-refractivity contribution < 1.29 is 59.6 Å². The maximum Gasteiger partial charge on any atom is 0.319 e. The van der Waals surface area contributed by atoms with Crippen LogP contribution in [0, 0.1) is 0 Å². The van der Waals surface area contributed by atoms with E-state index in [2.05, 4.69) is 23.6 Å². The van der Waals surface area contributed by atoms with Gasteiger partial charge in [-0.3, -0.25) is 0 Å². The Hall–Kier alpha value is 1.78. The van der Waals surface area contributed by atoms with Crippen LogP contribution in [0.2, 0.25) is 0 Å². The minimum absolute atomic E-state index is 0. The van der Waals surface area contributed by atoms with Gasteiger partial charge < -0.3 is 29.4 Å². The first-order valence-electron chi connectivity index (χ1n) is 1.93. The summed E-state index contributed by atoms with van der Waals surface area (Å²) in [5.41, 5.74) is 0. The van der Waals surface area contributed by atoms with Gasteiger partial charge in [-0.1, -0.05) is 0 Å². The van der Waals surface area contributed by atoms with Crippen molar-refractivity contribution in [3.63, 3.8) is 0 Å². The van der Waals surface area contributed by atoms with E-state index < -0.39 is 21.8 Å². The van der Waals surface area contributed by atoms with Crippen LogP contribution in [0.1, 0.15) is 0 Å². The standard InChI is InChI=1S/Mo.2H3O3PS.O2P/c;2*1-4(2,3)5;1-3-2/h;2*(H3,1,2,3,5);/q;;;+1. The van der Waals surface area contributed by atoms with Gasteiger partial charge in [0.05, 0.1) is 0 Å². The molecule has 0 rings (SSSR count). The molecule has 0 atom stereocenters. The summed E-state index contributed by atoms with van der Waals surface area (Å²) in [5.74, 6) is 0. The zero-order chi connectivity index (χ0) is 11.7. The van der Waals surface area contributed by atoms with Crippen molar-refractivity contribution in [1.82, 2.24) is 0 Å². The van der Waals surface area contributed by atoms with Gasteiger partial charge in [-0.2, -0.15) is 0 Å². The minimum atomic E-state index is -3.81. The summed E-state index contributed by atoms with van der Waals surface area (Å²) in [5, 5.41) is 0. The second-order valence-corrected chi connectivity index (χ2v) is 6.24. The fraction of sp³-hybridized carbons (Fsp3) is 0. The second-order valence-electron chi connectivity index (χ2n) is 1.10. The molecule has 0 aliphatic carbocycles. The van der Waals surface area contributed by atoms with Gasteiger partial charge in [0.15, 0.2) is 0 Å². The third-order valence-electron chi connectivity index (χ3n) is 0. The van der Waals surface area contributed by atoms with Gasteiger partial charge in [0.25, 0.3) is 0 Å². The summed E-state index contributed by atoms with van der Waals surface area (Å²) in [6.07, 6.45) is 0. The summed E-state index contributed by atoms with van der Waals surface area (Å²) < 4.78 is 16.7. The van der Waals surface area contributed by atoms with Gasteiger partial charge in [0.1, 0.15) is 0 Å². The summed E-state index contributed by atoms with van der Waals surface area (Å²) in [7, 11) is -1.08. The molecule has 0 spiro atoms. The van der Waals surface area contributed by atoms with Crippen molar-refractivity contribution in [3.05, 3.63) is 0 Å². The molecule has 6 N–H and O–H groups in total. The van der Waals surface area contributed by atoms with E-state index in [-0.39, 0.29) is 21.1 Å². The van der Waals surface area contributed by atoms with E-state index in [9.17, 15) is 0 Å². The maximum absolute atomic E-state index is 8.35. The van der Waals surface area contributed by atoms with E-state index in [1.165, 1.54) is 0 Å². The first-order chi connectivity index (χ1) is 5.41. The van der Waals surface area contributed by atoms with Crippen LogP contribution >= 0.6 is 21.8 Å². The molecule has 0 radical (unpaired) electrons.